The fourth-order valence-corrected chi connectivity index (χ4v) is 3.04. The number of nitro groups is 1. The number of carbonyl (C=O) groups excluding carboxylic acids is 2. The molecule has 0 radical (unpaired) electrons. The van der Waals surface area contributed by atoms with Gasteiger partial charge in [0, 0.05) is 50.1 Å². The first-order valence-corrected chi connectivity index (χ1v) is 9.40. The zero-order valence-electron chi connectivity index (χ0n) is 16.2. The van der Waals surface area contributed by atoms with Gasteiger partial charge in [0.15, 0.2) is 0 Å². The lowest BCUT2D eigenvalue weighted by molar-refractivity contribution is -0.384. The molecule has 0 unspecified atom stereocenters. The first-order valence-electron chi connectivity index (χ1n) is 9.40. The van der Waals surface area contributed by atoms with Crippen molar-refractivity contribution in [1.82, 2.24) is 9.80 Å². The number of halogens is 1. The Kier molecular flexibility index (Phi) is 6.87. The van der Waals surface area contributed by atoms with Crippen molar-refractivity contribution in [3.63, 3.8) is 0 Å². The highest BCUT2D eigenvalue weighted by atomic mass is 19.1. The quantitative estimate of drug-likeness (QED) is 0.447. The number of carbonyl (C=O) groups is 2. The third-order valence-electron chi connectivity index (χ3n) is 4.70. The van der Waals surface area contributed by atoms with Crippen LogP contribution in [0.5, 0.6) is 0 Å². The maximum atomic E-state index is 12.9. The molecule has 0 saturated carbocycles. The van der Waals surface area contributed by atoms with Crippen molar-refractivity contribution < 1.29 is 18.9 Å². The van der Waals surface area contributed by atoms with Crippen LogP contribution in [0.15, 0.2) is 54.6 Å². The summed E-state index contributed by atoms with van der Waals surface area (Å²) in [4.78, 5) is 38.3. The van der Waals surface area contributed by atoms with Crippen molar-refractivity contribution in [3.8, 4) is 0 Å². The van der Waals surface area contributed by atoms with E-state index < -0.39 is 4.92 Å². The van der Waals surface area contributed by atoms with Crippen LogP contribution < -0.4 is 5.32 Å². The average Bonchev–Trinajstić information content (AvgIpc) is 2.74. The number of hydrogen-bond donors (Lipinski definition) is 1. The summed E-state index contributed by atoms with van der Waals surface area (Å²) >= 11 is 0. The van der Waals surface area contributed by atoms with Crippen LogP contribution in [0.3, 0.4) is 0 Å². The minimum atomic E-state index is -0.474. The molecular formula is C21H21FN4O4. The number of amides is 2. The summed E-state index contributed by atoms with van der Waals surface area (Å²) < 4.78 is 12.9. The van der Waals surface area contributed by atoms with Gasteiger partial charge >= 0.3 is 0 Å². The molecule has 156 valence electrons. The second kappa shape index (κ2) is 9.75. The van der Waals surface area contributed by atoms with Crippen molar-refractivity contribution in [3.05, 3.63) is 76.1 Å². The van der Waals surface area contributed by atoms with Crippen molar-refractivity contribution in [2.24, 2.45) is 0 Å². The summed E-state index contributed by atoms with van der Waals surface area (Å²) in [7, 11) is 0. The van der Waals surface area contributed by atoms with Gasteiger partial charge in [-0.05, 0) is 48.0 Å². The van der Waals surface area contributed by atoms with Gasteiger partial charge in [0.1, 0.15) is 5.82 Å². The number of non-ortho nitro benzene ring substituents is 1. The number of rotatable bonds is 6. The molecule has 0 bridgehead atoms. The van der Waals surface area contributed by atoms with Crippen molar-refractivity contribution in [2.75, 3.05) is 38.0 Å². The van der Waals surface area contributed by atoms with Gasteiger partial charge in [0.25, 0.3) is 5.69 Å². The predicted octanol–water partition coefficient (Wildman–Crippen LogP) is 2.53. The number of nitro benzene ring substituents is 1. The van der Waals surface area contributed by atoms with E-state index in [2.05, 4.69) is 5.32 Å². The maximum absolute atomic E-state index is 12.9. The van der Waals surface area contributed by atoms with Crippen molar-refractivity contribution in [2.45, 2.75) is 0 Å². The smallest absolute Gasteiger partial charge is 0.269 e. The monoisotopic (exact) mass is 412 g/mol. The summed E-state index contributed by atoms with van der Waals surface area (Å²) in [5.74, 6) is -0.709. The minimum Gasteiger partial charge on any atom is -0.337 e. The molecule has 1 heterocycles. The lowest BCUT2D eigenvalue weighted by Gasteiger charge is -2.33. The summed E-state index contributed by atoms with van der Waals surface area (Å²) in [6.45, 7) is 2.31. The normalized spacial score (nSPS) is 14.6. The summed E-state index contributed by atoms with van der Waals surface area (Å²) in [6.07, 6.45) is 3.06. The van der Waals surface area contributed by atoms with Crippen LogP contribution in [0.4, 0.5) is 15.8 Å². The highest BCUT2D eigenvalue weighted by Crippen LogP contribution is 2.13. The number of benzene rings is 2. The predicted molar refractivity (Wildman–Crippen MR) is 110 cm³/mol. The van der Waals surface area contributed by atoms with E-state index in [1.165, 1.54) is 42.5 Å². The Labute approximate surface area is 172 Å². The van der Waals surface area contributed by atoms with Crippen LogP contribution in [0, 0.1) is 15.9 Å². The highest BCUT2D eigenvalue weighted by Gasteiger charge is 2.21. The molecule has 0 spiro atoms. The molecule has 3 rings (SSSR count). The van der Waals surface area contributed by atoms with Crippen molar-refractivity contribution >= 4 is 29.3 Å². The maximum Gasteiger partial charge on any atom is 0.269 e. The standard InChI is InChI=1S/C21H21FN4O4/c22-17-4-6-18(7-5-17)23-20(27)15-24-11-13-25(14-12-24)21(28)10-3-16-1-8-19(9-2-16)26(29)30/h1-10H,11-15H2,(H,23,27)/b10-3+. The Bertz CT molecular complexity index is 936. The number of nitrogens with zero attached hydrogens (tertiary/aromatic N) is 3. The molecule has 2 aromatic carbocycles. The Balaban J connectivity index is 1.44. The van der Waals surface area contributed by atoms with Gasteiger partial charge in [-0.15, -0.1) is 0 Å². The molecule has 2 aromatic rings. The molecule has 1 fully saturated rings. The molecule has 30 heavy (non-hydrogen) atoms. The van der Waals surface area contributed by atoms with E-state index in [1.54, 1.807) is 23.1 Å². The molecule has 1 saturated heterocycles. The third-order valence-corrected chi connectivity index (χ3v) is 4.70. The lowest BCUT2D eigenvalue weighted by Crippen LogP contribution is -2.50. The van der Waals surface area contributed by atoms with E-state index in [0.29, 0.717) is 37.4 Å². The van der Waals surface area contributed by atoms with E-state index in [4.69, 9.17) is 0 Å². The Hall–Kier alpha value is -3.59. The van der Waals surface area contributed by atoms with Crippen LogP contribution in [-0.4, -0.2) is 59.3 Å². The van der Waals surface area contributed by atoms with Gasteiger partial charge < -0.3 is 10.2 Å². The molecule has 1 aliphatic rings. The molecule has 8 nitrogen and oxygen atoms in total. The average molecular weight is 412 g/mol. The Morgan fingerprint density at radius 2 is 1.67 bits per heavy atom. The summed E-state index contributed by atoms with van der Waals surface area (Å²) in [5.41, 5.74) is 1.23. The Morgan fingerprint density at radius 3 is 2.27 bits per heavy atom. The van der Waals surface area contributed by atoms with Crippen LogP contribution in [0.2, 0.25) is 0 Å². The van der Waals surface area contributed by atoms with E-state index in [-0.39, 0.29) is 29.9 Å². The van der Waals surface area contributed by atoms with Crippen molar-refractivity contribution in [1.29, 1.82) is 0 Å². The van der Waals surface area contributed by atoms with E-state index in [0.717, 1.165) is 0 Å². The van der Waals surface area contributed by atoms with E-state index in [1.807, 2.05) is 4.90 Å². The highest BCUT2D eigenvalue weighted by molar-refractivity contribution is 5.93. The van der Waals surface area contributed by atoms with E-state index >= 15 is 0 Å². The topological polar surface area (TPSA) is 95.8 Å². The first-order chi connectivity index (χ1) is 14.4. The number of hydrogen-bond acceptors (Lipinski definition) is 5. The SMILES string of the molecule is O=C(CN1CCN(C(=O)/C=C/c2ccc([N+](=O)[O-])cc2)CC1)Nc1ccc(F)cc1. The number of anilines is 1. The summed E-state index contributed by atoms with van der Waals surface area (Å²) in [5, 5.41) is 13.4. The molecule has 2 amide bonds. The molecular weight excluding hydrogens is 391 g/mol. The minimum absolute atomic E-state index is 0.00179. The van der Waals surface area contributed by atoms with Crippen LogP contribution in [0.1, 0.15) is 5.56 Å². The molecule has 1 aliphatic heterocycles. The van der Waals surface area contributed by atoms with Crippen LogP contribution in [-0.2, 0) is 9.59 Å². The van der Waals surface area contributed by atoms with E-state index in [9.17, 15) is 24.1 Å². The molecule has 1 N–H and O–H groups in total. The first kappa shape index (κ1) is 21.1. The second-order valence-electron chi connectivity index (χ2n) is 6.84. The molecule has 0 aliphatic carbocycles. The largest absolute Gasteiger partial charge is 0.337 e. The molecule has 0 aromatic heterocycles. The third kappa shape index (κ3) is 5.95. The molecule has 0 atom stereocenters. The van der Waals surface area contributed by atoms with Gasteiger partial charge in [-0.2, -0.15) is 0 Å². The zero-order valence-corrected chi connectivity index (χ0v) is 16.2. The van der Waals surface area contributed by atoms with Crippen LogP contribution >= 0.6 is 0 Å². The second-order valence-corrected chi connectivity index (χ2v) is 6.84. The molecule has 9 heteroatoms. The Morgan fingerprint density at radius 1 is 1.03 bits per heavy atom. The fraction of sp³-hybridized carbons (Fsp3) is 0.238. The zero-order chi connectivity index (χ0) is 21.5. The number of piperazine rings is 1. The fourth-order valence-electron chi connectivity index (χ4n) is 3.04. The van der Waals surface area contributed by atoms with Gasteiger partial charge in [-0.3, -0.25) is 24.6 Å². The number of nitrogens with one attached hydrogen (secondary N) is 1. The van der Waals surface area contributed by atoms with Crippen LogP contribution in [0.25, 0.3) is 6.08 Å². The van der Waals surface area contributed by atoms with Gasteiger partial charge in [-0.25, -0.2) is 4.39 Å². The summed E-state index contributed by atoms with van der Waals surface area (Å²) in [6, 6.07) is 11.5. The van der Waals surface area contributed by atoms with Gasteiger partial charge in [0.05, 0.1) is 11.5 Å². The lowest BCUT2D eigenvalue weighted by atomic mass is 10.2. The van der Waals surface area contributed by atoms with Gasteiger partial charge in [-0.1, -0.05) is 0 Å². The van der Waals surface area contributed by atoms with Gasteiger partial charge in [0.2, 0.25) is 11.8 Å².